The van der Waals surface area contributed by atoms with E-state index >= 15 is 0 Å². The second kappa shape index (κ2) is 9.49. The summed E-state index contributed by atoms with van der Waals surface area (Å²) in [5, 5.41) is 44.1. The van der Waals surface area contributed by atoms with Gasteiger partial charge in [-0.1, -0.05) is 6.07 Å². The van der Waals surface area contributed by atoms with Gasteiger partial charge >= 0.3 is 0 Å². The Hall–Kier alpha value is -2.24. The van der Waals surface area contributed by atoms with E-state index in [1.807, 2.05) is 20.8 Å². The fourth-order valence-electron chi connectivity index (χ4n) is 3.63. The fourth-order valence-corrected chi connectivity index (χ4v) is 3.63. The summed E-state index contributed by atoms with van der Waals surface area (Å²) in [6, 6.07) is 4.62. The molecule has 1 aliphatic heterocycles. The summed E-state index contributed by atoms with van der Waals surface area (Å²) in [6.07, 6.45) is -6.80. The van der Waals surface area contributed by atoms with Crippen LogP contribution >= 0.6 is 0 Å². The number of aliphatic hydroxyl groups excluding tert-OH is 4. The van der Waals surface area contributed by atoms with E-state index in [0.717, 1.165) is 5.69 Å². The van der Waals surface area contributed by atoms with Gasteiger partial charge in [-0.25, -0.2) is 4.39 Å². The summed E-state index contributed by atoms with van der Waals surface area (Å²) < 4.78 is 32.1. The predicted molar refractivity (Wildman–Crippen MR) is 108 cm³/mol. The molecule has 0 amide bonds. The first-order valence-corrected chi connectivity index (χ1v) is 10.1. The number of aliphatic hydroxyl groups is 4. The molecule has 1 aliphatic rings. The van der Waals surface area contributed by atoms with Crippen molar-refractivity contribution in [2.24, 2.45) is 0 Å². The maximum absolute atomic E-state index is 14.2. The minimum absolute atomic E-state index is 0.00139. The number of aromatic nitrogens is 2. The molecule has 0 aliphatic carbocycles. The van der Waals surface area contributed by atoms with Crippen LogP contribution in [-0.4, -0.2) is 74.6 Å². The average Bonchev–Trinajstić information content (AvgIpc) is 3.04. The molecule has 1 aromatic heterocycles. The van der Waals surface area contributed by atoms with E-state index in [1.54, 1.807) is 10.7 Å². The number of hydrogen-bond donors (Lipinski definition) is 4. The van der Waals surface area contributed by atoms with Crippen LogP contribution in [0.1, 0.15) is 36.7 Å². The molecule has 0 spiro atoms. The number of ether oxygens (including phenoxy) is 3. The summed E-state index contributed by atoms with van der Waals surface area (Å²) in [5.41, 5.74) is 2.09. The lowest BCUT2D eigenvalue weighted by Crippen LogP contribution is -2.60. The van der Waals surface area contributed by atoms with Crippen LogP contribution in [0, 0.1) is 12.7 Å². The van der Waals surface area contributed by atoms with Gasteiger partial charge in [0, 0.05) is 23.7 Å². The van der Waals surface area contributed by atoms with Crippen molar-refractivity contribution in [2.45, 2.75) is 63.9 Å². The lowest BCUT2D eigenvalue weighted by Gasteiger charge is -2.39. The second-order valence-electron chi connectivity index (χ2n) is 7.87. The first-order valence-electron chi connectivity index (χ1n) is 10.1. The molecule has 2 heterocycles. The van der Waals surface area contributed by atoms with E-state index < -0.39 is 43.1 Å². The number of nitrogens with zero attached hydrogens (tertiary/aromatic N) is 2. The lowest BCUT2D eigenvalue weighted by atomic mass is 9.99. The summed E-state index contributed by atoms with van der Waals surface area (Å²) >= 11 is 0. The quantitative estimate of drug-likeness (QED) is 0.496. The molecule has 0 bridgehead atoms. The summed E-state index contributed by atoms with van der Waals surface area (Å²) in [6.45, 7) is 5.16. The van der Waals surface area contributed by atoms with Crippen LogP contribution < -0.4 is 9.47 Å². The zero-order valence-corrected chi connectivity index (χ0v) is 17.9. The number of methoxy groups -OCH3 is 1. The molecule has 0 unspecified atom stereocenters. The first-order chi connectivity index (χ1) is 14.7. The van der Waals surface area contributed by atoms with Crippen molar-refractivity contribution in [1.29, 1.82) is 0 Å². The van der Waals surface area contributed by atoms with E-state index in [4.69, 9.17) is 14.2 Å². The molecule has 0 saturated carbocycles. The molecule has 31 heavy (non-hydrogen) atoms. The van der Waals surface area contributed by atoms with Crippen molar-refractivity contribution in [3.05, 3.63) is 40.8 Å². The van der Waals surface area contributed by atoms with Crippen LogP contribution in [0.3, 0.4) is 0 Å². The Morgan fingerprint density at radius 3 is 2.48 bits per heavy atom. The summed E-state index contributed by atoms with van der Waals surface area (Å²) in [5.74, 6) is -0.215. The van der Waals surface area contributed by atoms with Crippen molar-refractivity contribution in [3.8, 4) is 11.6 Å². The van der Waals surface area contributed by atoms with Gasteiger partial charge in [-0.3, -0.25) is 4.68 Å². The average molecular weight is 440 g/mol. The Balaban J connectivity index is 1.93. The van der Waals surface area contributed by atoms with Crippen molar-refractivity contribution < 1.29 is 39.0 Å². The van der Waals surface area contributed by atoms with Crippen molar-refractivity contribution in [1.82, 2.24) is 9.78 Å². The SMILES string of the molecule is COc1ccc(Cc2c(O[C@@H]3O[C@H](CO)[C@@H](O)[C@H](O)[C@H]3O)nn(C(C)C)c2C)cc1F. The fraction of sp³-hybridized carbons (Fsp3) is 0.571. The van der Waals surface area contributed by atoms with Crippen LogP contribution in [0.15, 0.2) is 18.2 Å². The first kappa shape index (κ1) is 23.4. The van der Waals surface area contributed by atoms with Gasteiger partial charge in [-0.05, 0) is 38.5 Å². The molecule has 172 valence electrons. The minimum atomic E-state index is -1.57. The van der Waals surface area contributed by atoms with Gasteiger partial charge in [0.1, 0.15) is 24.4 Å². The molecule has 10 heteroatoms. The maximum atomic E-state index is 14.2. The molecule has 5 atom stereocenters. The summed E-state index contributed by atoms with van der Waals surface area (Å²) in [4.78, 5) is 0. The van der Waals surface area contributed by atoms with Crippen molar-refractivity contribution >= 4 is 0 Å². The Morgan fingerprint density at radius 2 is 1.90 bits per heavy atom. The molecule has 9 nitrogen and oxygen atoms in total. The largest absolute Gasteiger partial charge is 0.494 e. The highest BCUT2D eigenvalue weighted by Crippen LogP contribution is 2.31. The van der Waals surface area contributed by atoms with Gasteiger partial charge in [0.25, 0.3) is 0 Å². The monoisotopic (exact) mass is 440 g/mol. The molecule has 3 rings (SSSR count). The Morgan fingerprint density at radius 1 is 1.19 bits per heavy atom. The van der Waals surface area contributed by atoms with Crippen LogP contribution in [0.5, 0.6) is 11.6 Å². The molecule has 1 fully saturated rings. The van der Waals surface area contributed by atoms with E-state index in [2.05, 4.69) is 5.10 Å². The second-order valence-corrected chi connectivity index (χ2v) is 7.87. The van der Waals surface area contributed by atoms with Gasteiger partial charge in [0.05, 0.1) is 13.7 Å². The highest BCUT2D eigenvalue weighted by Gasteiger charge is 2.45. The van der Waals surface area contributed by atoms with Gasteiger partial charge in [0.2, 0.25) is 12.2 Å². The Bertz CT molecular complexity index is 902. The normalized spacial score (nSPS) is 26.3. The number of hydrogen-bond acceptors (Lipinski definition) is 8. The standard InChI is InChI=1S/C21H29FN2O7/c1-10(2)24-11(3)13(7-12-5-6-15(29-4)14(22)8-12)20(23-24)31-21-19(28)18(27)17(26)16(9-25)30-21/h5-6,8,10,16-19,21,25-28H,7,9H2,1-4H3/t16-,17-,18+,19-,21+/m1/s1. The highest BCUT2D eigenvalue weighted by molar-refractivity contribution is 5.39. The number of rotatable bonds is 7. The zero-order chi connectivity index (χ0) is 22.9. The topological polar surface area (TPSA) is 126 Å². The van der Waals surface area contributed by atoms with E-state index in [-0.39, 0.29) is 24.1 Å². The van der Waals surface area contributed by atoms with E-state index in [1.165, 1.54) is 19.2 Å². The van der Waals surface area contributed by atoms with Crippen LogP contribution in [0.4, 0.5) is 4.39 Å². The highest BCUT2D eigenvalue weighted by atomic mass is 19.1. The smallest absolute Gasteiger partial charge is 0.239 e. The lowest BCUT2D eigenvalue weighted by molar-refractivity contribution is -0.278. The third-order valence-corrected chi connectivity index (χ3v) is 5.40. The molecule has 1 saturated heterocycles. The van der Waals surface area contributed by atoms with Crippen molar-refractivity contribution in [3.63, 3.8) is 0 Å². The van der Waals surface area contributed by atoms with Gasteiger partial charge < -0.3 is 34.6 Å². The van der Waals surface area contributed by atoms with Gasteiger partial charge in [-0.15, -0.1) is 5.10 Å². The van der Waals surface area contributed by atoms with Gasteiger partial charge in [0.15, 0.2) is 11.6 Å². The van der Waals surface area contributed by atoms with Gasteiger partial charge in [-0.2, -0.15) is 0 Å². The van der Waals surface area contributed by atoms with E-state index in [9.17, 15) is 24.8 Å². The third kappa shape index (κ3) is 4.68. The summed E-state index contributed by atoms with van der Waals surface area (Å²) in [7, 11) is 1.39. The molecular formula is C21H29FN2O7. The molecule has 1 aromatic carbocycles. The Labute approximate surface area is 179 Å². The molecule has 2 aromatic rings. The van der Waals surface area contributed by atoms with Crippen molar-refractivity contribution in [2.75, 3.05) is 13.7 Å². The maximum Gasteiger partial charge on any atom is 0.239 e. The van der Waals surface area contributed by atoms with Crippen LogP contribution in [0.2, 0.25) is 0 Å². The molecule has 0 radical (unpaired) electrons. The number of benzene rings is 1. The minimum Gasteiger partial charge on any atom is -0.494 e. The van der Waals surface area contributed by atoms with E-state index in [0.29, 0.717) is 11.1 Å². The zero-order valence-electron chi connectivity index (χ0n) is 17.9. The molecule has 4 N–H and O–H groups in total. The Kier molecular flexibility index (Phi) is 7.17. The van der Waals surface area contributed by atoms with Crippen LogP contribution in [-0.2, 0) is 11.2 Å². The third-order valence-electron chi connectivity index (χ3n) is 5.40. The van der Waals surface area contributed by atoms with Crippen LogP contribution in [0.25, 0.3) is 0 Å². The molecular weight excluding hydrogens is 411 g/mol. The number of halogens is 1. The predicted octanol–water partition coefficient (Wildman–Crippen LogP) is 0.690.